The molecule has 2 aromatic rings. The lowest BCUT2D eigenvalue weighted by Gasteiger charge is -2.41. The van der Waals surface area contributed by atoms with E-state index in [1.165, 1.54) is 16.7 Å². The molecular formula is C23H27N5O4S. The number of hydrogen-bond donors (Lipinski definition) is 1. The maximum atomic E-state index is 13.0. The number of carbonyl (C=O) groups excluding carboxylic acids is 2. The Hall–Kier alpha value is -2.87. The summed E-state index contributed by atoms with van der Waals surface area (Å²) in [5.41, 5.74) is 2.11. The van der Waals surface area contributed by atoms with Gasteiger partial charge in [-0.25, -0.2) is 0 Å². The number of anilines is 1. The first-order valence-electron chi connectivity index (χ1n) is 10.8. The number of thioether (sulfide) groups is 1. The predicted octanol–water partition coefficient (Wildman–Crippen LogP) is 1.63. The molecule has 4 rings (SSSR count). The van der Waals surface area contributed by atoms with E-state index in [1.807, 2.05) is 25.1 Å². The number of nitrogens with zero attached hydrogens (tertiary/aromatic N) is 4. The smallest absolute Gasteiger partial charge is 0.252 e. The van der Waals surface area contributed by atoms with Crippen LogP contribution in [0.1, 0.15) is 17.3 Å². The summed E-state index contributed by atoms with van der Waals surface area (Å²) in [6, 6.07) is 9.25. The van der Waals surface area contributed by atoms with E-state index >= 15 is 0 Å². The number of nitrogens with one attached hydrogen (secondary N) is 1. The highest BCUT2D eigenvalue weighted by Crippen LogP contribution is 2.28. The molecular weight excluding hydrogens is 442 g/mol. The molecule has 1 aromatic heterocycles. The number of carbonyl (C=O) groups is 2. The second-order valence-electron chi connectivity index (χ2n) is 8.04. The number of methoxy groups -OCH3 is 1. The fourth-order valence-corrected chi connectivity index (χ4v) is 5.35. The Morgan fingerprint density at radius 2 is 2.24 bits per heavy atom. The molecule has 2 aliphatic rings. The topological polar surface area (TPSA) is 108 Å². The normalized spacial score (nSPS) is 22.9. The average Bonchev–Trinajstić information content (AvgIpc) is 3.32. The second kappa shape index (κ2) is 10.4. The number of rotatable bonds is 6. The highest BCUT2D eigenvalue weighted by molar-refractivity contribution is 7.99. The molecule has 2 aliphatic heterocycles. The number of benzene rings is 1. The molecule has 2 amide bonds. The van der Waals surface area contributed by atoms with Gasteiger partial charge in [0.2, 0.25) is 5.91 Å². The van der Waals surface area contributed by atoms with Gasteiger partial charge >= 0.3 is 0 Å². The van der Waals surface area contributed by atoms with Gasteiger partial charge in [0.1, 0.15) is 6.04 Å². The Kier molecular flexibility index (Phi) is 7.33. The molecule has 0 aliphatic carbocycles. The number of ether oxygens (including phenoxy) is 2. The molecule has 174 valence electrons. The fraction of sp³-hybridized carbons (Fsp3) is 0.478. The quantitative estimate of drug-likeness (QED) is 0.680. The summed E-state index contributed by atoms with van der Waals surface area (Å²) < 4.78 is 11.2. The number of nitriles is 1. The number of fused-ring (bicyclic) bond motifs is 1. The van der Waals surface area contributed by atoms with Crippen LogP contribution in [0.4, 0.5) is 5.69 Å². The van der Waals surface area contributed by atoms with Gasteiger partial charge in [0.25, 0.3) is 5.91 Å². The lowest BCUT2D eigenvalue weighted by atomic mass is 10.0. The molecule has 0 radical (unpaired) electrons. The number of hydrogen-bond acceptors (Lipinski definition) is 8. The largest absolute Gasteiger partial charge is 0.382 e. The highest BCUT2D eigenvalue weighted by atomic mass is 32.2. The minimum atomic E-state index is -0.445. The van der Waals surface area contributed by atoms with Crippen molar-refractivity contribution in [3.05, 3.63) is 36.0 Å². The van der Waals surface area contributed by atoms with Crippen LogP contribution in [0.25, 0.3) is 10.9 Å². The van der Waals surface area contributed by atoms with Crippen LogP contribution in [-0.2, 0) is 14.3 Å². The van der Waals surface area contributed by atoms with Gasteiger partial charge in [-0.1, -0.05) is 0 Å². The summed E-state index contributed by atoms with van der Waals surface area (Å²) in [6.45, 7) is 3.73. The van der Waals surface area contributed by atoms with Crippen LogP contribution in [0.3, 0.4) is 0 Å². The van der Waals surface area contributed by atoms with E-state index in [2.05, 4.69) is 21.3 Å². The Balaban J connectivity index is 1.55. The van der Waals surface area contributed by atoms with E-state index in [0.29, 0.717) is 47.9 Å². The van der Waals surface area contributed by atoms with E-state index in [1.54, 1.807) is 19.4 Å². The minimum absolute atomic E-state index is 0.0121. The Morgan fingerprint density at radius 3 is 3.03 bits per heavy atom. The van der Waals surface area contributed by atoms with Crippen LogP contribution >= 0.6 is 11.8 Å². The molecule has 1 N–H and O–H groups in total. The molecule has 3 heterocycles. The first-order chi connectivity index (χ1) is 16.0. The van der Waals surface area contributed by atoms with E-state index in [9.17, 15) is 14.9 Å². The number of morpholine rings is 1. The van der Waals surface area contributed by atoms with Crippen molar-refractivity contribution in [3.8, 4) is 6.07 Å². The summed E-state index contributed by atoms with van der Waals surface area (Å²) in [4.78, 5) is 33.6. The van der Waals surface area contributed by atoms with E-state index in [0.717, 1.165) is 5.69 Å². The van der Waals surface area contributed by atoms with Gasteiger partial charge in [-0.05, 0) is 31.2 Å². The summed E-state index contributed by atoms with van der Waals surface area (Å²) in [5, 5.41) is 12.6. The number of amides is 2. The van der Waals surface area contributed by atoms with Gasteiger partial charge in [0.15, 0.2) is 0 Å². The third kappa shape index (κ3) is 4.90. The van der Waals surface area contributed by atoms with Crippen molar-refractivity contribution >= 4 is 40.2 Å². The molecule has 1 aromatic carbocycles. The lowest BCUT2D eigenvalue weighted by molar-refractivity contribution is -0.129. The predicted molar refractivity (Wildman–Crippen MR) is 126 cm³/mol. The molecule has 0 unspecified atom stereocenters. The van der Waals surface area contributed by atoms with Crippen LogP contribution in [0.2, 0.25) is 0 Å². The Bertz CT molecular complexity index is 1070. The third-order valence-corrected chi connectivity index (χ3v) is 7.06. The molecule has 2 fully saturated rings. The van der Waals surface area contributed by atoms with Crippen molar-refractivity contribution in [2.24, 2.45) is 0 Å². The van der Waals surface area contributed by atoms with Crippen molar-refractivity contribution < 1.29 is 19.1 Å². The van der Waals surface area contributed by atoms with Crippen LogP contribution in [0.5, 0.6) is 0 Å². The zero-order valence-electron chi connectivity index (χ0n) is 18.7. The van der Waals surface area contributed by atoms with Gasteiger partial charge in [-0.2, -0.15) is 5.26 Å². The van der Waals surface area contributed by atoms with Crippen LogP contribution in [-0.4, -0.2) is 84.9 Å². The van der Waals surface area contributed by atoms with Crippen molar-refractivity contribution in [3.63, 3.8) is 0 Å². The van der Waals surface area contributed by atoms with Crippen molar-refractivity contribution in [1.29, 1.82) is 5.26 Å². The Morgan fingerprint density at radius 1 is 1.39 bits per heavy atom. The van der Waals surface area contributed by atoms with Crippen LogP contribution < -0.4 is 10.2 Å². The number of pyridine rings is 1. The summed E-state index contributed by atoms with van der Waals surface area (Å²) in [6.07, 6.45) is 1.60. The van der Waals surface area contributed by atoms with E-state index in [4.69, 9.17) is 9.47 Å². The van der Waals surface area contributed by atoms with Crippen LogP contribution in [0, 0.1) is 11.3 Å². The first-order valence-corrected chi connectivity index (χ1v) is 12.0. The van der Waals surface area contributed by atoms with Crippen molar-refractivity contribution in [2.75, 3.05) is 49.9 Å². The first kappa shape index (κ1) is 23.3. The second-order valence-corrected chi connectivity index (χ2v) is 9.04. The maximum Gasteiger partial charge on any atom is 0.252 e. The van der Waals surface area contributed by atoms with Crippen LogP contribution in [0.15, 0.2) is 30.5 Å². The molecule has 0 bridgehead atoms. The summed E-state index contributed by atoms with van der Waals surface area (Å²) in [5.74, 6) is 0.452. The highest BCUT2D eigenvalue weighted by Gasteiger charge is 2.31. The number of aromatic nitrogens is 1. The third-order valence-electron chi connectivity index (χ3n) is 6.05. The zero-order valence-corrected chi connectivity index (χ0v) is 19.5. The fourth-order valence-electron chi connectivity index (χ4n) is 4.24. The van der Waals surface area contributed by atoms with Gasteiger partial charge in [0.05, 0.1) is 54.9 Å². The average molecular weight is 470 g/mol. The molecule has 10 heteroatoms. The van der Waals surface area contributed by atoms with Gasteiger partial charge in [-0.3, -0.25) is 14.6 Å². The van der Waals surface area contributed by atoms with Gasteiger partial charge < -0.3 is 24.6 Å². The molecule has 3 atom stereocenters. The van der Waals surface area contributed by atoms with Crippen molar-refractivity contribution in [2.45, 2.75) is 25.1 Å². The zero-order chi connectivity index (χ0) is 23.4. The molecule has 33 heavy (non-hydrogen) atoms. The minimum Gasteiger partial charge on any atom is -0.382 e. The maximum absolute atomic E-state index is 13.0. The molecule has 2 saturated heterocycles. The van der Waals surface area contributed by atoms with Gasteiger partial charge in [0, 0.05) is 36.7 Å². The van der Waals surface area contributed by atoms with E-state index in [-0.39, 0.29) is 30.5 Å². The standard InChI is InChI=1S/C23H27N5O4S/c1-15-21(12-31-2)27(7-8-32-15)16-3-4-20-19(9-16)18(5-6-25-20)23(30)26-11-22(29)28-14-33-13-17(28)10-24/h3-6,9,15,17,21H,7-8,11-14H2,1-2H3,(H,26,30)/t15-,17-,21-/m1/s1. The van der Waals surface area contributed by atoms with Gasteiger partial charge in [-0.15, -0.1) is 11.8 Å². The summed E-state index contributed by atoms with van der Waals surface area (Å²) >= 11 is 1.53. The van der Waals surface area contributed by atoms with Crippen molar-refractivity contribution in [1.82, 2.24) is 15.2 Å². The lowest BCUT2D eigenvalue weighted by Crippen LogP contribution is -2.52. The Labute approximate surface area is 197 Å². The molecule has 0 spiro atoms. The molecule has 9 nitrogen and oxygen atoms in total. The monoisotopic (exact) mass is 469 g/mol. The summed E-state index contributed by atoms with van der Waals surface area (Å²) in [7, 11) is 1.67. The molecule has 0 saturated carbocycles. The van der Waals surface area contributed by atoms with E-state index < -0.39 is 6.04 Å². The SMILES string of the molecule is COC[C@@H]1[C@@H](C)OCCN1c1ccc2nccc(C(=O)NCC(=O)N3CSC[C@H]3C#N)c2c1.